The topological polar surface area (TPSA) is 44.5 Å². The molecule has 1 aromatic rings. The number of benzene rings is 1. The van der Waals surface area contributed by atoms with Gasteiger partial charge in [0.25, 0.3) is 0 Å². The molecule has 0 heterocycles. The van der Waals surface area contributed by atoms with Crippen molar-refractivity contribution >= 4 is 8.56 Å². The smallest absolute Gasteiger partial charge is 0.335 e. The van der Waals surface area contributed by atoms with E-state index >= 15 is 0 Å². The zero-order valence-corrected chi connectivity index (χ0v) is 12.7. The van der Waals surface area contributed by atoms with Gasteiger partial charge in [-0.25, -0.2) is 0 Å². The minimum Gasteiger partial charge on any atom is -0.395 e. The second-order valence-electron chi connectivity index (χ2n) is 4.63. The lowest BCUT2D eigenvalue weighted by atomic mass is 10.1. The van der Waals surface area contributed by atoms with Gasteiger partial charge in [-0.2, -0.15) is 0 Å². The van der Waals surface area contributed by atoms with E-state index in [-0.39, 0.29) is 6.10 Å². The molecule has 2 unspecified atom stereocenters. The van der Waals surface area contributed by atoms with Gasteiger partial charge in [0.1, 0.15) is 0 Å². The summed E-state index contributed by atoms with van der Waals surface area (Å²) in [6.07, 6.45) is 1.04. The van der Waals surface area contributed by atoms with Gasteiger partial charge in [-0.3, -0.25) is 0 Å². The molecule has 0 fully saturated rings. The van der Waals surface area contributed by atoms with Gasteiger partial charge in [-0.15, -0.1) is 0 Å². The van der Waals surface area contributed by atoms with Crippen LogP contribution in [-0.4, -0.2) is 21.7 Å². The zero-order valence-electron chi connectivity index (χ0n) is 11.7. The van der Waals surface area contributed by atoms with E-state index in [0.717, 1.165) is 12.5 Å². The van der Waals surface area contributed by atoms with E-state index in [1.54, 1.807) is 0 Å². The lowest BCUT2D eigenvalue weighted by Crippen LogP contribution is -2.40. The predicted octanol–water partition coefficient (Wildman–Crippen LogP) is 3.22. The molecule has 1 rings (SSSR count). The number of hydrogen-bond acceptors (Lipinski definition) is 3. The molecular weight excluding hydrogens is 242 g/mol. The summed E-state index contributed by atoms with van der Waals surface area (Å²) in [6.45, 7) is 7.63. The summed E-state index contributed by atoms with van der Waals surface area (Å²) in [5.74, 6) is 0. The van der Waals surface area contributed by atoms with Gasteiger partial charge in [-0.05, 0) is 45.0 Å². The van der Waals surface area contributed by atoms with Crippen molar-refractivity contribution in [3.63, 3.8) is 0 Å². The highest BCUT2D eigenvalue weighted by molar-refractivity contribution is 6.66. The van der Waals surface area contributed by atoms with Crippen molar-refractivity contribution in [3.8, 4) is 0 Å². The van der Waals surface area contributed by atoms with E-state index < -0.39 is 8.56 Å². The van der Waals surface area contributed by atoms with Crippen molar-refractivity contribution in [1.82, 2.24) is 0 Å². The Morgan fingerprint density at radius 2 is 1.94 bits per heavy atom. The third-order valence-electron chi connectivity index (χ3n) is 2.98. The van der Waals surface area contributed by atoms with Crippen LogP contribution in [0.2, 0.25) is 12.6 Å². The minimum atomic E-state index is -2.10. The lowest BCUT2D eigenvalue weighted by molar-refractivity contribution is 0.131. The van der Waals surface area contributed by atoms with Crippen LogP contribution in [0.4, 0.5) is 0 Å². The Hall–Kier alpha value is -0.683. The molecule has 2 atom stereocenters. The van der Waals surface area contributed by atoms with Gasteiger partial charge in [0.05, 0.1) is 6.10 Å². The van der Waals surface area contributed by atoms with E-state index in [4.69, 9.17) is 14.6 Å². The molecule has 4 heteroatoms. The molecule has 0 amide bonds. The second-order valence-corrected chi connectivity index (χ2v) is 7.92. The summed E-state index contributed by atoms with van der Waals surface area (Å²) >= 11 is 0. The monoisotopic (exact) mass is 267 g/mol. The molecule has 0 aromatic heterocycles. The van der Waals surface area contributed by atoms with Crippen LogP contribution in [-0.2, 0) is 8.85 Å². The molecule has 0 aliphatic rings. The minimum absolute atomic E-state index is 0.0761. The Kier molecular flexibility index (Phi) is 6.57. The normalized spacial score (nSPS) is 16.2. The van der Waals surface area contributed by atoms with E-state index in [0.29, 0.717) is 13.2 Å². The van der Waals surface area contributed by atoms with Crippen LogP contribution >= 0.6 is 0 Å². The maximum Gasteiger partial charge on any atom is 0.335 e. The Morgan fingerprint density at radius 3 is 2.50 bits per heavy atom. The summed E-state index contributed by atoms with van der Waals surface area (Å²) in [4.78, 5) is 0. The van der Waals surface area contributed by atoms with E-state index in [2.05, 4.69) is 25.6 Å². The summed E-state index contributed by atoms with van der Waals surface area (Å²) in [5.41, 5.74) is 6.78. The van der Waals surface area contributed by atoms with Crippen LogP contribution < -0.4 is 5.73 Å². The first-order chi connectivity index (χ1) is 8.61. The van der Waals surface area contributed by atoms with Crippen LogP contribution in [0.3, 0.4) is 0 Å². The van der Waals surface area contributed by atoms with Crippen molar-refractivity contribution in [2.45, 2.75) is 39.0 Å². The number of rotatable bonds is 8. The molecule has 0 spiro atoms. The Morgan fingerprint density at radius 1 is 1.28 bits per heavy atom. The quantitative estimate of drug-likeness (QED) is 0.736. The Balaban J connectivity index is 2.65. The number of hydrogen-bond donors (Lipinski definition) is 1. The maximum absolute atomic E-state index is 6.23. The van der Waals surface area contributed by atoms with Gasteiger partial charge in [-0.1, -0.05) is 30.3 Å². The van der Waals surface area contributed by atoms with Crippen molar-refractivity contribution in [3.05, 3.63) is 35.9 Å². The summed E-state index contributed by atoms with van der Waals surface area (Å²) in [6, 6.07) is 11.2. The van der Waals surface area contributed by atoms with Crippen LogP contribution in [0, 0.1) is 0 Å². The fourth-order valence-electron chi connectivity index (χ4n) is 2.06. The molecular formula is C14H25NO2Si. The molecule has 0 aliphatic carbocycles. The van der Waals surface area contributed by atoms with Crippen LogP contribution in [0.1, 0.15) is 31.9 Å². The third-order valence-corrected chi connectivity index (χ3v) is 5.99. The fourth-order valence-corrected chi connectivity index (χ4v) is 4.73. The third kappa shape index (κ3) is 4.90. The zero-order chi connectivity index (χ0) is 13.4. The molecule has 3 nitrogen and oxygen atoms in total. The summed E-state index contributed by atoms with van der Waals surface area (Å²) < 4.78 is 12.1. The molecule has 1 aromatic carbocycles. The standard InChI is InChI=1S/C14H25NO2Si/c1-4-16-18(3,12-8-11-15)17-13(2)14-9-6-5-7-10-14/h5-7,9-10,13H,4,8,11-12,15H2,1-3H3. The molecule has 18 heavy (non-hydrogen) atoms. The highest BCUT2D eigenvalue weighted by Crippen LogP contribution is 2.25. The first-order valence-corrected chi connectivity index (χ1v) is 9.20. The SMILES string of the molecule is CCO[Si](C)(CCCN)OC(C)c1ccccc1. The van der Waals surface area contributed by atoms with Crippen molar-refractivity contribution in [2.24, 2.45) is 5.73 Å². The predicted molar refractivity (Wildman–Crippen MR) is 77.7 cm³/mol. The Bertz CT molecular complexity index is 334. The Labute approximate surface area is 112 Å². The molecule has 0 saturated heterocycles. The maximum atomic E-state index is 6.23. The molecule has 0 bridgehead atoms. The first kappa shape index (κ1) is 15.4. The van der Waals surface area contributed by atoms with Gasteiger partial charge < -0.3 is 14.6 Å². The van der Waals surface area contributed by atoms with Crippen LogP contribution in [0.25, 0.3) is 0 Å². The average Bonchev–Trinajstić information content (AvgIpc) is 2.38. The van der Waals surface area contributed by atoms with Crippen molar-refractivity contribution in [1.29, 1.82) is 0 Å². The van der Waals surface area contributed by atoms with Gasteiger partial charge in [0.2, 0.25) is 0 Å². The molecule has 0 saturated carbocycles. The van der Waals surface area contributed by atoms with Crippen LogP contribution in [0.15, 0.2) is 30.3 Å². The van der Waals surface area contributed by atoms with E-state index in [1.807, 2.05) is 25.1 Å². The summed E-state index contributed by atoms with van der Waals surface area (Å²) in [7, 11) is -2.10. The first-order valence-electron chi connectivity index (χ1n) is 6.68. The van der Waals surface area contributed by atoms with E-state index in [9.17, 15) is 0 Å². The van der Waals surface area contributed by atoms with Gasteiger partial charge >= 0.3 is 8.56 Å². The van der Waals surface area contributed by atoms with Gasteiger partial charge in [0.15, 0.2) is 0 Å². The van der Waals surface area contributed by atoms with Crippen molar-refractivity contribution < 1.29 is 8.85 Å². The second kappa shape index (κ2) is 7.69. The largest absolute Gasteiger partial charge is 0.395 e. The van der Waals surface area contributed by atoms with Crippen LogP contribution in [0.5, 0.6) is 0 Å². The lowest BCUT2D eigenvalue weighted by Gasteiger charge is -2.30. The molecule has 2 N–H and O–H groups in total. The summed E-state index contributed by atoms with van der Waals surface area (Å²) in [5, 5.41) is 0. The highest BCUT2D eigenvalue weighted by Gasteiger charge is 2.32. The molecule has 102 valence electrons. The molecule has 0 aliphatic heterocycles. The highest BCUT2D eigenvalue weighted by atomic mass is 28.4. The van der Waals surface area contributed by atoms with E-state index in [1.165, 1.54) is 5.56 Å². The fraction of sp³-hybridized carbons (Fsp3) is 0.571. The molecule has 0 radical (unpaired) electrons. The van der Waals surface area contributed by atoms with Crippen molar-refractivity contribution in [2.75, 3.05) is 13.2 Å². The average molecular weight is 267 g/mol. The number of nitrogens with two attached hydrogens (primary N) is 1. The van der Waals surface area contributed by atoms with Gasteiger partial charge in [0, 0.05) is 6.61 Å².